The highest BCUT2D eigenvalue weighted by Gasteiger charge is 2.10. The first-order valence-electron chi connectivity index (χ1n) is 5.19. The van der Waals surface area contributed by atoms with Gasteiger partial charge in [0.25, 0.3) is 0 Å². The van der Waals surface area contributed by atoms with Crippen molar-refractivity contribution in [2.45, 2.75) is 13.3 Å². The van der Waals surface area contributed by atoms with E-state index in [9.17, 15) is 9.18 Å². The van der Waals surface area contributed by atoms with E-state index < -0.39 is 5.97 Å². The highest BCUT2D eigenvalue weighted by molar-refractivity contribution is 5.86. The number of carboxylic acids is 1. The summed E-state index contributed by atoms with van der Waals surface area (Å²) in [4.78, 5) is 10.7. The summed E-state index contributed by atoms with van der Waals surface area (Å²) < 4.78 is 13.3. The van der Waals surface area contributed by atoms with Gasteiger partial charge < -0.3 is 5.11 Å². The fourth-order valence-corrected chi connectivity index (χ4v) is 1.58. The minimum Gasteiger partial charge on any atom is -0.477 e. The Balaban J connectivity index is 2.42. The fourth-order valence-electron chi connectivity index (χ4n) is 1.58. The number of aryl methyl sites for hydroxylation is 1. The molecule has 0 aliphatic rings. The molecular formula is C12H11FN2O2. The summed E-state index contributed by atoms with van der Waals surface area (Å²) >= 11 is 0. The molecule has 0 amide bonds. The third-order valence-electron chi connectivity index (χ3n) is 2.53. The lowest BCUT2D eigenvalue weighted by Crippen LogP contribution is -1.95. The van der Waals surface area contributed by atoms with E-state index in [4.69, 9.17) is 5.11 Å². The van der Waals surface area contributed by atoms with Gasteiger partial charge in [-0.15, -0.1) is 0 Å². The van der Waals surface area contributed by atoms with Gasteiger partial charge in [0.2, 0.25) is 0 Å². The van der Waals surface area contributed by atoms with Gasteiger partial charge in [0, 0.05) is 5.56 Å². The second-order valence-corrected chi connectivity index (χ2v) is 3.63. The van der Waals surface area contributed by atoms with Crippen LogP contribution in [0.3, 0.4) is 0 Å². The van der Waals surface area contributed by atoms with Crippen LogP contribution in [0.25, 0.3) is 11.3 Å². The van der Waals surface area contributed by atoms with Gasteiger partial charge in [0.1, 0.15) is 11.5 Å². The van der Waals surface area contributed by atoms with E-state index in [0.717, 1.165) is 0 Å². The van der Waals surface area contributed by atoms with E-state index in [-0.39, 0.29) is 11.5 Å². The van der Waals surface area contributed by atoms with E-state index in [1.807, 2.05) is 6.92 Å². The van der Waals surface area contributed by atoms with Gasteiger partial charge in [-0.05, 0) is 36.2 Å². The van der Waals surface area contributed by atoms with Crippen molar-refractivity contribution in [3.8, 4) is 11.3 Å². The molecule has 2 rings (SSSR count). The second kappa shape index (κ2) is 4.37. The molecule has 0 saturated carbocycles. The van der Waals surface area contributed by atoms with Gasteiger partial charge in [-0.25, -0.2) is 9.18 Å². The van der Waals surface area contributed by atoms with Gasteiger partial charge in [-0.2, -0.15) is 5.10 Å². The van der Waals surface area contributed by atoms with Gasteiger partial charge in [-0.1, -0.05) is 6.92 Å². The minimum atomic E-state index is -1.07. The number of rotatable bonds is 3. The van der Waals surface area contributed by atoms with Crippen molar-refractivity contribution in [1.82, 2.24) is 10.2 Å². The topological polar surface area (TPSA) is 66.0 Å². The zero-order chi connectivity index (χ0) is 12.4. The number of H-pyrrole nitrogens is 1. The van der Waals surface area contributed by atoms with Crippen molar-refractivity contribution < 1.29 is 14.3 Å². The predicted molar refractivity (Wildman–Crippen MR) is 60.3 cm³/mol. The van der Waals surface area contributed by atoms with Crippen molar-refractivity contribution in [1.29, 1.82) is 0 Å². The molecule has 1 aromatic carbocycles. The lowest BCUT2D eigenvalue weighted by molar-refractivity contribution is 0.0690. The Morgan fingerprint density at radius 2 is 2.24 bits per heavy atom. The molecule has 1 heterocycles. The molecule has 0 aliphatic carbocycles. The van der Waals surface area contributed by atoms with Crippen LogP contribution in [0.1, 0.15) is 23.0 Å². The van der Waals surface area contributed by atoms with Crippen molar-refractivity contribution >= 4 is 5.97 Å². The van der Waals surface area contributed by atoms with Crippen molar-refractivity contribution in [3.05, 3.63) is 41.3 Å². The van der Waals surface area contributed by atoms with Crippen molar-refractivity contribution in [2.75, 3.05) is 0 Å². The zero-order valence-corrected chi connectivity index (χ0v) is 9.20. The van der Waals surface area contributed by atoms with Crippen LogP contribution in [0.15, 0.2) is 24.3 Å². The maximum atomic E-state index is 13.3. The Morgan fingerprint density at radius 1 is 1.47 bits per heavy atom. The predicted octanol–water partition coefficient (Wildman–Crippen LogP) is 2.48. The third kappa shape index (κ3) is 2.18. The lowest BCUT2D eigenvalue weighted by atomic mass is 10.1. The highest BCUT2D eigenvalue weighted by Crippen LogP contribution is 2.21. The number of hydrogen-bond acceptors (Lipinski definition) is 2. The molecule has 4 nitrogen and oxygen atoms in total. The average molecular weight is 234 g/mol. The maximum absolute atomic E-state index is 13.3. The molecule has 0 spiro atoms. The summed E-state index contributed by atoms with van der Waals surface area (Å²) in [7, 11) is 0. The molecule has 2 N–H and O–H groups in total. The number of benzene rings is 1. The van der Waals surface area contributed by atoms with Crippen LogP contribution in [0.2, 0.25) is 0 Å². The molecular weight excluding hydrogens is 223 g/mol. The number of aromatic amines is 1. The van der Waals surface area contributed by atoms with Gasteiger partial charge >= 0.3 is 5.97 Å². The van der Waals surface area contributed by atoms with Crippen molar-refractivity contribution in [2.24, 2.45) is 0 Å². The first-order chi connectivity index (χ1) is 8.11. The number of nitrogens with zero attached hydrogens (tertiary/aromatic N) is 1. The summed E-state index contributed by atoms with van der Waals surface area (Å²) in [5, 5.41) is 15.1. The molecule has 2 aromatic rings. The first kappa shape index (κ1) is 11.3. The summed E-state index contributed by atoms with van der Waals surface area (Å²) in [5.74, 6) is -1.33. The number of aromatic carboxylic acids is 1. The Kier molecular flexibility index (Phi) is 2.91. The monoisotopic (exact) mass is 234 g/mol. The van der Waals surface area contributed by atoms with Gasteiger partial charge in [0.15, 0.2) is 0 Å². The highest BCUT2D eigenvalue weighted by atomic mass is 19.1. The van der Waals surface area contributed by atoms with E-state index >= 15 is 0 Å². The number of halogens is 1. The van der Waals surface area contributed by atoms with Gasteiger partial charge in [-0.3, -0.25) is 5.10 Å². The average Bonchev–Trinajstić information content (AvgIpc) is 2.79. The number of hydrogen-bond donors (Lipinski definition) is 2. The number of carbonyl (C=O) groups is 1. The molecule has 88 valence electrons. The molecule has 17 heavy (non-hydrogen) atoms. The van der Waals surface area contributed by atoms with E-state index in [1.165, 1.54) is 12.1 Å². The fraction of sp³-hybridized carbons (Fsp3) is 0.167. The number of nitrogens with one attached hydrogen (secondary N) is 1. The summed E-state index contributed by atoms with van der Waals surface area (Å²) in [6.07, 6.45) is 0.579. The standard InChI is InChI=1S/C12H11FN2O2/c1-2-7-5-8(3-4-9(7)13)10-6-11(12(16)17)15-14-10/h3-6H,2H2,1H3,(H,14,15)(H,16,17). The molecule has 1 aromatic heterocycles. The van der Waals surface area contributed by atoms with Crippen LogP contribution < -0.4 is 0 Å². The molecule has 5 heteroatoms. The Bertz CT molecular complexity index is 563. The zero-order valence-electron chi connectivity index (χ0n) is 9.20. The number of aromatic nitrogens is 2. The minimum absolute atomic E-state index is 0.0161. The summed E-state index contributed by atoms with van der Waals surface area (Å²) in [5.41, 5.74) is 1.80. The SMILES string of the molecule is CCc1cc(-c2cc(C(=O)O)[nH]n2)ccc1F. The smallest absolute Gasteiger partial charge is 0.353 e. The lowest BCUT2D eigenvalue weighted by Gasteiger charge is -2.02. The second-order valence-electron chi connectivity index (χ2n) is 3.63. The van der Waals surface area contributed by atoms with Crippen LogP contribution >= 0.6 is 0 Å². The number of carboxylic acid groups (broad SMARTS) is 1. The van der Waals surface area contributed by atoms with Crippen LogP contribution in [0.4, 0.5) is 4.39 Å². The van der Waals surface area contributed by atoms with Crippen LogP contribution in [-0.2, 0) is 6.42 Å². The first-order valence-corrected chi connectivity index (χ1v) is 5.19. The van der Waals surface area contributed by atoms with Crippen LogP contribution in [0, 0.1) is 5.82 Å². The van der Waals surface area contributed by atoms with Crippen LogP contribution in [0.5, 0.6) is 0 Å². The Morgan fingerprint density at radius 3 is 2.82 bits per heavy atom. The summed E-state index contributed by atoms with van der Waals surface area (Å²) in [6, 6.07) is 6.05. The van der Waals surface area contributed by atoms with Crippen molar-refractivity contribution in [3.63, 3.8) is 0 Å². The van der Waals surface area contributed by atoms with E-state index in [1.54, 1.807) is 12.1 Å². The third-order valence-corrected chi connectivity index (χ3v) is 2.53. The molecule has 0 atom stereocenters. The largest absolute Gasteiger partial charge is 0.477 e. The van der Waals surface area contributed by atoms with E-state index in [2.05, 4.69) is 10.2 Å². The molecule has 0 radical (unpaired) electrons. The Labute approximate surface area is 97.1 Å². The molecule has 0 saturated heterocycles. The molecule has 0 aliphatic heterocycles. The van der Waals surface area contributed by atoms with Gasteiger partial charge in [0.05, 0.1) is 5.69 Å². The maximum Gasteiger partial charge on any atom is 0.353 e. The molecule has 0 bridgehead atoms. The van der Waals surface area contributed by atoms with Crippen LogP contribution in [-0.4, -0.2) is 21.3 Å². The molecule has 0 unspecified atom stereocenters. The molecule has 0 fully saturated rings. The Hall–Kier alpha value is -2.17. The normalized spacial score (nSPS) is 10.5. The van der Waals surface area contributed by atoms with E-state index in [0.29, 0.717) is 23.2 Å². The quantitative estimate of drug-likeness (QED) is 0.857. The summed E-state index contributed by atoms with van der Waals surface area (Å²) in [6.45, 7) is 1.86.